The largest absolute Gasteiger partial charge is 0.464 e. The molecule has 5 nitrogen and oxygen atoms in total. The molecular weight excluding hydrogens is 360 g/mol. The molecule has 0 fully saturated rings. The Morgan fingerprint density at radius 2 is 2.00 bits per heavy atom. The number of thiazole rings is 1. The Kier molecular flexibility index (Phi) is 3.76. The SMILES string of the molecule is O=C(Nc1ncc(Cc2ccc3occc3c2)s1)c1coc2ccccc12. The normalized spacial score (nSPS) is 11.3. The molecule has 5 rings (SSSR count). The van der Waals surface area contributed by atoms with E-state index in [9.17, 15) is 4.79 Å². The van der Waals surface area contributed by atoms with E-state index in [1.54, 1.807) is 12.5 Å². The Balaban J connectivity index is 1.33. The number of fused-ring (bicyclic) bond motifs is 2. The molecular formula is C21H14N2O3S. The summed E-state index contributed by atoms with van der Waals surface area (Å²) in [5.41, 5.74) is 3.25. The number of carbonyl (C=O) groups excluding carboxylic acids is 1. The highest BCUT2D eigenvalue weighted by Crippen LogP contribution is 2.26. The van der Waals surface area contributed by atoms with Gasteiger partial charge in [0, 0.05) is 28.3 Å². The lowest BCUT2D eigenvalue weighted by Crippen LogP contribution is -2.10. The highest BCUT2D eigenvalue weighted by atomic mass is 32.1. The van der Waals surface area contributed by atoms with Gasteiger partial charge in [0.1, 0.15) is 17.4 Å². The number of nitrogens with one attached hydrogen (secondary N) is 1. The number of rotatable bonds is 4. The summed E-state index contributed by atoms with van der Waals surface area (Å²) in [6, 6.07) is 15.5. The predicted molar refractivity (Wildman–Crippen MR) is 105 cm³/mol. The predicted octanol–water partition coefficient (Wildman–Crippen LogP) is 5.48. The fraction of sp³-hybridized carbons (Fsp3) is 0.0476. The summed E-state index contributed by atoms with van der Waals surface area (Å²) >= 11 is 1.47. The zero-order valence-corrected chi connectivity index (χ0v) is 15.0. The van der Waals surface area contributed by atoms with Crippen molar-refractivity contribution in [3.8, 4) is 0 Å². The van der Waals surface area contributed by atoms with Gasteiger partial charge in [-0.1, -0.05) is 24.3 Å². The quantitative estimate of drug-likeness (QED) is 0.452. The summed E-state index contributed by atoms with van der Waals surface area (Å²) in [6.45, 7) is 0. The number of amides is 1. The molecule has 0 aliphatic carbocycles. The minimum Gasteiger partial charge on any atom is -0.464 e. The van der Waals surface area contributed by atoms with Gasteiger partial charge in [0.25, 0.3) is 5.91 Å². The van der Waals surface area contributed by atoms with Gasteiger partial charge in [-0.05, 0) is 29.8 Å². The van der Waals surface area contributed by atoms with Crippen molar-refractivity contribution in [2.24, 2.45) is 0 Å². The van der Waals surface area contributed by atoms with E-state index in [0.717, 1.165) is 27.7 Å². The minimum atomic E-state index is -0.222. The topological polar surface area (TPSA) is 68.3 Å². The summed E-state index contributed by atoms with van der Waals surface area (Å²) in [7, 11) is 0. The molecule has 0 unspecified atom stereocenters. The van der Waals surface area contributed by atoms with Crippen molar-refractivity contribution in [1.82, 2.24) is 4.98 Å². The van der Waals surface area contributed by atoms with Crippen LogP contribution in [0.5, 0.6) is 0 Å². The first kappa shape index (κ1) is 15.8. The zero-order valence-electron chi connectivity index (χ0n) is 14.1. The molecule has 0 bridgehead atoms. The number of hydrogen-bond acceptors (Lipinski definition) is 5. The first-order valence-electron chi connectivity index (χ1n) is 8.45. The second-order valence-corrected chi connectivity index (χ2v) is 7.32. The lowest BCUT2D eigenvalue weighted by Gasteiger charge is -2.00. The van der Waals surface area contributed by atoms with Gasteiger partial charge in [-0.3, -0.25) is 10.1 Å². The first-order valence-corrected chi connectivity index (χ1v) is 9.26. The van der Waals surface area contributed by atoms with Crippen LogP contribution in [-0.4, -0.2) is 10.9 Å². The number of carbonyl (C=O) groups is 1. The number of para-hydroxylation sites is 1. The minimum absolute atomic E-state index is 0.222. The van der Waals surface area contributed by atoms with Crippen molar-refractivity contribution in [3.63, 3.8) is 0 Å². The molecule has 132 valence electrons. The molecule has 0 saturated heterocycles. The van der Waals surface area contributed by atoms with Gasteiger partial charge in [0.05, 0.1) is 11.8 Å². The molecule has 1 amide bonds. The standard InChI is InChI=1S/C21H14N2O3S/c24-20(17-12-26-19-4-2-1-3-16(17)19)23-21-22-11-15(27-21)10-13-5-6-18-14(9-13)7-8-25-18/h1-9,11-12H,10H2,(H,22,23,24). The molecule has 3 aromatic heterocycles. The number of benzene rings is 2. The van der Waals surface area contributed by atoms with Gasteiger partial charge in [-0.2, -0.15) is 0 Å². The number of hydrogen-bond donors (Lipinski definition) is 1. The molecule has 5 aromatic rings. The average molecular weight is 374 g/mol. The summed E-state index contributed by atoms with van der Waals surface area (Å²) in [4.78, 5) is 18.0. The van der Waals surface area contributed by atoms with Crippen molar-refractivity contribution in [3.05, 3.63) is 83.3 Å². The summed E-state index contributed by atoms with van der Waals surface area (Å²) < 4.78 is 10.8. The van der Waals surface area contributed by atoms with Crippen LogP contribution >= 0.6 is 11.3 Å². The molecule has 0 aliphatic rings. The zero-order chi connectivity index (χ0) is 18.2. The van der Waals surface area contributed by atoms with Crippen molar-refractivity contribution >= 4 is 44.3 Å². The van der Waals surface area contributed by atoms with Gasteiger partial charge >= 0.3 is 0 Å². The van der Waals surface area contributed by atoms with Gasteiger partial charge < -0.3 is 8.83 Å². The Bertz CT molecular complexity index is 1260. The van der Waals surface area contributed by atoms with Crippen LogP contribution in [0.4, 0.5) is 5.13 Å². The van der Waals surface area contributed by atoms with Crippen molar-refractivity contribution < 1.29 is 13.6 Å². The number of furan rings is 2. The van der Waals surface area contributed by atoms with Crippen molar-refractivity contribution in [2.45, 2.75) is 6.42 Å². The van der Waals surface area contributed by atoms with Crippen LogP contribution in [0.1, 0.15) is 20.8 Å². The van der Waals surface area contributed by atoms with Crippen LogP contribution < -0.4 is 5.32 Å². The number of aromatic nitrogens is 1. The molecule has 3 heterocycles. The van der Waals surface area contributed by atoms with Crippen LogP contribution in [0, 0.1) is 0 Å². The second-order valence-electron chi connectivity index (χ2n) is 6.20. The molecule has 0 radical (unpaired) electrons. The third-order valence-electron chi connectivity index (χ3n) is 4.39. The molecule has 27 heavy (non-hydrogen) atoms. The maximum absolute atomic E-state index is 12.6. The molecule has 0 saturated carbocycles. The molecule has 0 atom stereocenters. The highest BCUT2D eigenvalue weighted by molar-refractivity contribution is 7.15. The average Bonchev–Trinajstić information content (AvgIpc) is 3.40. The van der Waals surface area contributed by atoms with Crippen molar-refractivity contribution in [1.29, 1.82) is 0 Å². The van der Waals surface area contributed by atoms with E-state index in [4.69, 9.17) is 8.83 Å². The Morgan fingerprint density at radius 1 is 1.07 bits per heavy atom. The van der Waals surface area contributed by atoms with E-state index < -0.39 is 0 Å². The Hall–Kier alpha value is -3.38. The monoisotopic (exact) mass is 374 g/mol. The number of nitrogens with zero attached hydrogens (tertiary/aromatic N) is 1. The number of anilines is 1. The molecule has 6 heteroatoms. The van der Waals surface area contributed by atoms with Crippen LogP contribution in [0.25, 0.3) is 21.9 Å². The summed E-state index contributed by atoms with van der Waals surface area (Å²) in [5, 5.41) is 5.31. The summed E-state index contributed by atoms with van der Waals surface area (Å²) in [6.07, 6.45) is 5.72. The second kappa shape index (κ2) is 6.41. The van der Waals surface area contributed by atoms with Gasteiger partial charge in [-0.25, -0.2) is 4.98 Å². The van der Waals surface area contributed by atoms with E-state index in [2.05, 4.69) is 16.4 Å². The van der Waals surface area contributed by atoms with E-state index in [-0.39, 0.29) is 5.91 Å². The van der Waals surface area contributed by atoms with Crippen LogP contribution in [-0.2, 0) is 6.42 Å². The Labute approximate surface area is 158 Å². The van der Waals surface area contributed by atoms with E-state index in [1.165, 1.54) is 23.2 Å². The lowest BCUT2D eigenvalue weighted by atomic mass is 10.1. The Morgan fingerprint density at radius 3 is 2.96 bits per heavy atom. The first-order chi connectivity index (χ1) is 13.3. The molecule has 0 aliphatic heterocycles. The van der Waals surface area contributed by atoms with E-state index in [1.807, 2.05) is 42.5 Å². The van der Waals surface area contributed by atoms with Crippen LogP contribution in [0.15, 0.2) is 76.1 Å². The fourth-order valence-corrected chi connectivity index (χ4v) is 3.93. The maximum atomic E-state index is 12.6. The maximum Gasteiger partial charge on any atom is 0.261 e. The smallest absolute Gasteiger partial charge is 0.261 e. The third-order valence-corrected chi connectivity index (χ3v) is 5.31. The van der Waals surface area contributed by atoms with Crippen LogP contribution in [0.2, 0.25) is 0 Å². The van der Waals surface area contributed by atoms with E-state index >= 15 is 0 Å². The fourth-order valence-electron chi connectivity index (χ4n) is 3.09. The van der Waals surface area contributed by atoms with Crippen LogP contribution in [0.3, 0.4) is 0 Å². The lowest BCUT2D eigenvalue weighted by molar-refractivity contribution is 0.102. The third kappa shape index (κ3) is 3.00. The molecule has 2 aromatic carbocycles. The van der Waals surface area contributed by atoms with E-state index in [0.29, 0.717) is 16.3 Å². The van der Waals surface area contributed by atoms with Gasteiger partial charge in [-0.15, -0.1) is 11.3 Å². The molecule has 1 N–H and O–H groups in total. The van der Waals surface area contributed by atoms with Crippen molar-refractivity contribution in [2.75, 3.05) is 5.32 Å². The molecule has 0 spiro atoms. The van der Waals surface area contributed by atoms with Gasteiger partial charge in [0.2, 0.25) is 0 Å². The summed E-state index contributed by atoms with van der Waals surface area (Å²) in [5.74, 6) is -0.222. The van der Waals surface area contributed by atoms with Gasteiger partial charge in [0.15, 0.2) is 5.13 Å². The highest BCUT2D eigenvalue weighted by Gasteiger charge is 2.15.